The van der Waals surface area contributed by atoms with Crippen molar-refractivity contribution in [2.45, 2.75) is 6.92 Å². The van der Waals surface area contributed by atoms with E-state index in [1.165, 1.54) is 5.56 Å². The minimum Gasteiger partial charge on any atom is -0.416 e. The third-order valence-electron chi connectivity index (χ3n) is 4.04. The van der Waals surface area contributed by atoms with Crippen LogP contribution in [0.4, 0.5) is 0 Å². The molecule has 3 nitrogen and oxygen atoms in total. The van der Waals surface area contributed by atoms with E-state index >= 15 is 0 Å². The van der Waals surface area contributed by atoms with Gasteiger partial charge in [0, 0.05) is 11.1 Å². The van der Waals surface area contributed by atoms with Crippen molar-refractivity contribution in [1.29, 1.82) is 0 Å². The average molecular weight is 312 g/mol. The topological polar surface area (TPSA) is 38.9 Å². The molecule has 1 heterocycles. The van der Waals surface area contributed by atoms with E-state index in [-0.39, 0.29) is 0 Å². The molecular formula is C21H16N2O. The van der Waals surface area contributed by atoms with E-state index in [1.54, 1.807) is 0 Å². The normalized spacial score (nSPS) is 10.7. The standard InChI is InChI=1S/C21H16N2O/c1-15-7-5-6-10-19(15)21-23-22-20(24-21)18-13-11-17(12-14-18)16-8-3-2-4-9-16/h2-14H,1H3. The first-order valence-corrected chi connectivity index (χ1v) is 7.86. The molecule has 0 spiro atoms. The van der Waals surface area contributed by atoms with Gasteiger partial charge in [-0.25, -0.2) is 0 Å². The van der Waals surface area contributed by atoms with E-state index in [4.69, 9.17) is 4.42 Å². The fourth-order valence-electron chi connectivity index (χ4n) is 2.70. The molecule has 4 rings (SSSR count). The lowest BCUT2D eigenvalue weighted by molar-refractivity contribution is 0.584. The fraction of sp³-hybridized carbons (Fsp3) is 0.0476. The van der Waals surface area contributed by atoms with E-state index in [9.17, 15) is 0 Å². The molecule has 0 amide bonds. The largest absolute Gasteiger partial charge is 0.416 e. The van der Waals surface area contributed by atoms with Gasteiger partial charge in [0.15, 0.2) is 0 Å². The molecule has 0 saturated heterocycles. The van der Waals surface area contributed by atoms with Gasteiger partial charge in [-0.15, -0.1) is 10.2 Å². The number of hydrogen-bond donors (Lipinski definition) is 0. The number of rotatable bonds is 3. The first-order chi connectivity index (χ1) is 11.8. The van der Waals surface area contributed by atoms with E-state index in [2.05, 4.69) is 34.5 Å². The molecule has 1 aromatic heterocycles. The third kappa shape index (κ3) is 2.72. The van der Waals surface area contributed by atoms with Gasteiger partial charge in [0.05, 0.1) is 0 Å². The molecule has 0 N–H and O–H groups in total. The molecule has 0 aliphatic carbocycles. The molecular weight excluding hydrogens is 296 g/mol. The molecule has 0 fully saturated rings. The summed E-state index contributed by atoms with van der Waals surface area (Å²) in [6.07, 6.45) is 0. The van der Waals surface area contributed by atoms with Crippen LogP contribution in [0, 0.1) is 6.92 Å². The lowest BCUT2D eigenvalue weighted by Crippen LogP contribution is -1.81. The van der Waals surface area contributed by atoms with Crippen LogP contribution in [0.1, 0.15) is 5.56 Å². The molecule has 0 radical (unpaired) electrons. The number of nitrogens with zero attached hydrogens (tertiary/aromatic N) is 2. The Morgan fingerprint density at radius 3 is 1.92 bits per heavy atom. The van der Waals surface area contributed by atoms with Crippen LogP contribution in [-0.4, -0.2) is 10.2 Å². The molecule has 116 valence electrons. The van der Waals surface area contributed by atoms with Gasteiger partial charge < -0.3 is 4.42 Å². The Labute approximate surface area is 140 Å². The highest BCUT2D eigenvalue weighted by atomic mass is 16.4. The molecule has 3 heteroatoms. The quantitative estimate of drug-likeness (QED) is 0.510. The summed E-state index contributed by atoms with van der Waals surface area (Å²) in [5, 5.41) is 8.38. The maximum Gasteiger partial charge on any atom is 0.248 e. The second-order valence-electron chi connectivity index (χ2n) is 5.67. The fourth-order valence-corrected chi connectivity index (χ4v) is 2.70. The van der Waals surface area contributed by atoms with Crippen LogP contribution >= 0.6 is 0 Å². The Bertz CT molecular complexity index is 957. The van der Waals surface area contributed by atoms with Crippen LogP contribution in [0.2, 0.25) is 0 Å². The van der Waals surface area contributed by atoms with Gasteiger partial charge in [-0.05, 0) is 41.8 Å². The Morgan fingerprint density at radius 1 is 0.583 bits per heavy atom. The maximum atomic E-state index is 5.86. The zero-order valence-electron chi connectivity index (χ0n) is 13.3. The molecule has 0 bridgehead atoms. The molecule has 3 aromatic carbocycles. The van der Waals surface area contributed by atoms with Crippen molar-refractivity contribution >= 4 is 0 Å². The Kier molecular flexibility index (Phi) is 3.67. The molecule has 0 atom stereocenters. The Morgan fingerprint density at radius 2 is 1.17 bits per heavy atom. The summed E-state index contributed by atoms with van der Waals surface area (Å²) in [5.74, 6) is 1.09. The number of aryl methyl sites for hydroxylation is 1. The summed E-state index contributed by atoms with van der Waals surface area (Å²) in [4.78, 5) is 0. The van der Waals surface area contributed by atoms with Gasteiger partial charge in [0.25, 0.3) is 0 Å². The van der Waals surface area contributed by atoms with Crippen LogP contribution in [-0.2, 0) is 0 Å². The van der Waals surface area contributed by atoms with Gasteiger partial charge >= 0.3 is 0 Å². The van der Waals surface area contributed by atoms with Gasteiger partial charge in [0.1, 0.15) is 0 Å². The highest BCUT2D eigenvalue weighted by Gasteiger charge is 2.12. The first kappa shape index (κ1) is 14.4. The average Bonchev–Trinajstić information content (AvgIpc) is 3.13. The van der Waals surface area contributed by atoms with E-state index in [0.717, 1.165) is 22.3 Å². The molecule has 0 saturated carbocycles. The summed E-state index contributed by atoms with van der Waals surface area (Å²) in [6.45, 7) is 2.04. The van der Waals surface area contributed by atoms with Crippen molar-refractivity contribution in [3.05, 3.63) is 84.4 Å². The van der Waals surface area contributed by atoms with Crippen molar-refractivity contribution in [3.8, 4) is 34.0 Å². The number of aromatic nitrogens is 2. The zero-order chi connectivity index (χ0) is 16.4. The lowest BCUT2D eigenvalue weighted by Gasteiger charge is -2.02. The second kappa shape index (κ2) is 6.13. The van der Waals surface area contributed by atoms with Crippen molar-refractivity contribution in [3.63, 3.8) is 0 Å². The summed E-state index contributed by atoms with van der Waals surface area (Å²) in [7, 11) is 0. The van der Waals surface area contributed by atoms with Crippen molar-refractivity contribution in [2.75, 3.05) is 0 Å². The SMILES string of the molecule is Cc1ccccc1-c1nnc(-c2ccc(-c3ccccc3)cc2)o1. The third-order valence-corrected chi connectivity index (χ3v) is 4.04. The van der Waals surface area contributed by atoms with Crippen molar-refractivity contribution < 1.29 is 4.42 Å². The molecule has 24 heavy (non-hydrogen) atoms. The van der Waals surface area contributed by atoms with Crippen molar-refractivity contribution in [2.24, 2.45) is 0 Å². The van der Waals surface area contributed by atoms with E-state index in [1.807, 2.05) is 61.5 Å². The molecule has 0 aliphatic heterocycles. The van der Waals surface area contributed by atoms with Gasteiger partial charge in [-0.2, -0.15) is 0 Å². The smallest absolute Gasteiger partial charge is 0.248 e. The summed E-state index contributed by atoms with van der Waals surface area (Å²) in [5.41, 5.74) is 5.36. The highest BCUT2D eigenvalue weighted by Crippen LogP contribution is 2.27. The number of hydrogen-bond acceptors (Lipinski definition) is 3. The Balaban J connectivity index is 1.65. The molecule has 4 aromatic rings. The highest BCUT2D eigenvalue weighted by molar-refractivity contribution is 5.67. The maximum absolute atomic E-state index is 5.86. The van der Waals surface area contributed by atoms with Gasteiger partial charge in [-0.1, -0.05) is 60.7 Å². The van der Waals surface area contributed by atoms with E-state index < -0.39 is 0 Å². The second-order valence-corrected chi connectivity index (χ2v) is 5.67. The van der Waals surface area contributed by atoms with Gasteiger partial charge in [-0.3, -0.25) is 0 Å². The zero-order valence-corrected chi connectivity index (χ0v) is 13.3. The Hall–Kier alpha value is -3.20. The summed E-state index contributed by atoms with van der Waals surface area (Å²) < 4.78 is 5.86. The minimum atomic E-state index is 0.535. The minimum absolute atomic E-state index is 0.535. The van der Waals surface area contributed by atoms with Crippen LogP contribution in [0.3, 0.4) is 0 Å². The first-order valence-electron chi connectivity index (χ1n) is 7.86. The van der Waals surface area contributed by atoms with Crippen LogP contribution < -0.4 is 0 Å². The van der Waals surface area contributed by atoms with Gasteiger partial charge in [0.2, 0.25) is 11.8 Å². The van der Waals surface area contributed by atoms with E-state index in [0.29, 0.717) is 11.8 Å². The predicted octanol–water partition coefficient (Wildman–Crippen LogP) is 5.38. The van der Waals surface area contributed by atoms with Crippen LogP contribution in [0.15, 0.2) is 83.3 Å². The van der Waals surface area contributed by atoms with Crippen molar-refractivity contribution in [1.82, 2.24) is 10.2 Å². The van der Waals surface area contributed by atoms with Crippen LogP contribution in [0.5, 0.6) is 0 Å². The molecule has 0 unspecified atom stereocenters. The lowest BCUT2D eigenvalue weighted by atomic mass is 10.0. The summed E-state index contributed by atoms with van der Waals surface area (Å²) in [6, 6.07) is 26.4. The summed E-state index contributed by atoms with van der Waals surface area (Å²) >= 11 is 0. The molecule has 0 aliphatic rings. The number of benzene rings is 3. The van der Waals surface area contributed by atoms with Crippen LogP contribution in [0.25, 0.3) is 34.0 Å². The monoisotopic (exact) mass is 312 g/mol. The predicted molar refractivity (Wildman–Crippen MR) is 95.3 cm³/mol.